The topological polar surface area (TPSA) is 19.6 Å². The standard InChI is InChI=1S/C64H67BN2O/c1-38-19-17-18-22-50(38)67-54-33-41(40-20-15-14-16-21-40)32-53-58(54)65(48-24-26-55-57(59(48)67)43-34-44-47(37-56(43)68-55)64(12,13)30-27-61(44,6)7)49-35-45-46(63(10,11)29-28-62(45,8)9)36-52(49)66(53)51-25-23-42(31-39(51)2)60(3,4)5/h14-26,31-37H,27-30H2,1-13H3. The predicted octanol–water partition coefficient (Wildman–Crippen LogP) is 15.9. The van der Waals surface area contributed by atoms with Crippen LogP contribution in [0.5, 0.6) is 0 Å². The first-order valence-electron chi connectivity index (χ1n) is 25.4. The summed E-state index contributed by atoms with van der Waals surface area (Å²) in [6.07, 6.45) is 4.64. The van der Waals surface area contributed by atoms with Crippen molar-refractivity contribution in [2.75, 3.05) is 9.80 Å². The van der Waals surface area contributed by atoms with Crippen LogP contribution in [0.1, 0.15) is 141 Å². The summed E-state index contributed by atoms with van der Waals surface area (Å²) in [5.41, 5.74) is 25.8. The number of benzene rings is 7. The maximum atomic E-state index is 7.13. The Hall–Kier alpha value is -6.00. The van der Waals surface area contributed by atoms with E-state index >= 15 is 0 Å². The molecule has 0 saturated carbocycles. The van der Waals surface area contributed by atoms with E-state index in [1.54, 1.807) is 0 Å². The van der Waals surface area contributed by atoms with Gasteiger partial charge < -0.3 is 14.2 Å². The zero-order valence-corrected chi connectivity index (χ0v) is 42.8. The van der Waals surface area contributed by atoms with Crippen LogP contribution in [-0.4, -0.2) is 6.71 Å². The Labute approximate surface area is 405 Å². The van der Waals surface area contributed by atoms with Gasteiger partial charge in [0.1, 0.15) is 11.2 Å². The van der Waals surface area contributed by atoms with Crippen LogP contribution >= 0.6 is 0 Å². The molecule has 7 aromatic carbocycles. The van der Waals surface area contributed by atoms with Gasteiger partial charge in [0.25, 0.3) is 6.71 Å². The molecule has 2 aliphatic heterocycles. The Morgan fingerprint density at radius 2 is 1.04 bits per heavy atom. The SMILES string of the molecule is Cc1cc(C(C)(C)C)ccc1N1c2cc3c(cc2B2c4ccc5oc6cc7c(cc6c5c4N(c4ccccc4C)c4cc(-c5ccccc5)cc1c42)C(C)(C)CCC7(C)C)C(C)(C)CCC3(C)C. The van der Waals surface area contributed by atoms with E-state index in [0.717, 1.165) is 36.8 Å². The molecular weight excluding hydrogens is 824 g/mol. The summed E-state index contributed by atoms with van der Waals surface area (Å²) in [5.74, 6) is 0. The van der Waals surface area contributed by atoms with E-state index in [4.69, 9.17) is 4.42 Å². The first-order chi connectivity index (χ1) is 32.1. The second kappa shape index (κ2) is 14.3. The van der Waals surface area contributed by atoms with Crippen LogP contribution < -0.4 is 26.2 Å². The maximum absolute atomic E-state index is 7.13. The number of para-hydroxylation sites is 1. The third-order valence-electron chi connectivity index (χ3n) is 17.4. The molecule has 8 aromatic rings. The quantitative estimate of drug-likeness (QED) is 0.165. The van der Waals surface area contributed by atoms with Crippen molar-refractivity contribution in [1.82, 2.24) is 0 Å². The number of fused-ring (bicyclic) bond motifs is 10. The van der Waals surface area contributed by atoms with Crippen LogP contribution in [0.3, 0.4) is 0 Å². The van der Waals surface area contributed by atoms with Crippen LogP contribution in [0.25, 0.3) is 33.1 Å². The van der Waals surface area contributed by atoms with Crippen LogP contribution in [0.2, 0.25) is 0 Å². The zero-order chi connectivity index (χ0) is 47.6. The average Bonchev–Trinajstić information content (AvgIpc) is 3.67. The molecule has 4 heteroatoms. The molecule has 4 aliphatic rings. The number of rotatable bonds is 3. The van der Waals surface area contributed by atoms with Gasteiger partial charge in [0.05, 0.1) is 11.1 Å². The van der Waals surface area contributed by atoms with Crippen molar-refractivity contribution >= 4 is 79.2 Å². The number of nitrogens with zero attached hydrogens (tertiary/aromatic N) is 2. The molecule has 0 amide bonds. The molecule has 0 saturated heterocycles. The van der Waals surface area contributed by atoms with Crippen LogP contribution in [0.4, 0.5) is 34.1 Å². The molecule has 342 valence electrons. The van der Waals surface area contributed by atoms with Gasteiger partial charge in [-0.15, -0.1) is 0 Å². The van der Waals surface area contributed by atoms with Gasteiger partial charge in [-0.05, 0) is 182 Å². The van der Waals surface area contributed by atoms with Crippen LogP contribution in [0, 0.1) is 13.8 Å². The zero-order valence-electron chi connectivity index (χ0n) is 42.8. The lowest BCUT2D eigenvalue weighted by atomic mass is 9.33. The first kappa shape index (κ1) is 43.3. The molecule has 68 heavy (non-hydrogen) atoms. The first-order valence-corrected chi connectivity index (χ1v) is 25.4. The normalized spacial score (nSPS) is 18.2. The fraction of sp³-hybridized carbons (Fsp3) is 0.344. The molecule has 0 atom stereocenters. The molecule has 12 rings (SSSR count). The van der Waals surface area contributed by atoms with Crippen molar-refractivity contribution in [2.45, 2.75) is 143 Å². The van der Waals surface area contributed by atoms with Gasteiger partial charge in [-0.2, -0.15) is 0 Å². The third kappa shape index (κ3) is 6.24. The summed E-state index contributed by atoms with van der Waals surface area (Å²) in [6.45, 7) is 31.2. The van der Waals surface area contributed by atoms with Gasteiger partial charge in [0.15, 0.2) is 0 Å². The fourth-order valence-electron chi connectivity index (χ4n) is 13.0. The number of aryl methyl sites for hydroxylation is 2. The summed E-state index contributed by atoms with van der Waals surface area (Å²) in [5, 5.41) is 2.42. The Morgan fingerprint density at radius 3 is 1.68 bits per heavy atom. The van der Waals surface area contributed by atoms with E-state index in [2.05, 4.69) is 221 Å². The van der Waals surface area contributed by atoms with Crippen molar-refractivity contribution in [3.8, 4) is 11.1 Å². The van der Waals surface area contributed by atoms with Gasteiger partial charge in [-0.25, -0.2) is 0 Å². The summed E-state index contributed by atoms with van der Waals surface area (Å²) in [4.78, 5) is 5.31. The lowest BCUT2D eigenvalue weighted by Gasteiger charge is -2.48. The van der Waals surface area contributed by atoms with E-state index in [1.165, 1.54) is 111 Å². The second-order valence-corrected chi connectivity index (χ2v) is 24.8. The molecule has 0 bridgehead atoms. The minimum atomic E-state index is -0.0333. The van der Waals surface area contributed by atoms with E-state index < -0.39 is 0 Å². The molecule has 0 fully saturated rings. The molecule has 3 nitrogen and oxygen atoms in total. The summed E-state index contributed by atoms with van der Waals surface area (Å²) >= 11 is 0. The third-order valence-corrected chi connectivity index (χ3v) is 17.4. The highest BCUT2D eigenvalue weighted by Gasteiger charge is 2.48. The lowest BCUT2D eigenvalue weighted by molar-refractivity contribution is 0.332. The van der Waals surface area contributed by atoms with E-state index in [-0.39, 0.29) is 33.8 Å². The van der Waals surface area contributed by atoms with E-state index in [1.807, 2.05) is 0 Å². The van der Waals surface area contributed by atoms with E-state index in [0.29, 0.717) is 0 Å². The summed E-state index contributed by atoms with van der Waals surface area (Å²) in [7, 11) is 0. The highest BCUT2D eigenvalue weighted by Crippen LogP contribution is 2.54. The van der Waals surface area contributed by atoms with Crippen molar-refractivity contribution in [3.05, 3.63) is 160 Å². The average molecular weight is 891 g/mol. The van der Waals surface area contributed by atoms with Crippen LogP contribution in [0.15, 0.2) is 126 Å². The second-order valence-electron chi connectivity index (χ2n) is 24.8. The highest BCUT2D eigenvalue weighted by atomic mass is 16.3. The Morgan fingerprint density at radius 1 is 0.471 bits per heavy atom. The molecule has 2 aliphatic carbocycles. The smallest absolute Gasteiger partial charge is 0.252 e. The van der Waals surface area contributed by atoms with Gasteiger partial charge in [-0.1, -0.05) is 149 Å². The lowest BCUT2D eigenvalue weighted by Crippen LogP contribution is -2.62. The largest absolute Gasteiger partial charge is 0.456 e. The molecule has 3 heterocycles. The van der Waals surface area contributed by atoms with Crippen LogP contribution in [-0.2, 0) is 27.1 Å². The highest BCUT2D eigenvalue weighted by molar-refractivity contribution is 7.00. The fourth-order valence-corrected chi connectivity index (χ4v) is 13.0. The molecular formula is C64H67BN2O. The Kier molecular flexibility index (Phi) is 9.10. The molecule has 0 unspecified atom stereocenters. The Balaban J connectivity index is 1.26. The van der Waals surface area contributed by atoms with E-state index in [9.17, 15) is 0 Å². The number of furan rings is 1. The van der Waals surface area contributed by atoms with Gasteiger partial charge in [0.2, 0.25) is 0 Å². The summed E-state index contributed by atoms with van der Waals surface area (Å²) in [6, 6.07) is 47.3. The van der Waals surface area contributed by atoms with Gasteiger partial charge in [0, 0.05) is 33.8 Å². The Bertz CT molecular complexity index is 3430. The number of anilines is 6. The predicted molar refractivity (Wildman–Crippen MR) is 292 cm³/mol. The summed E-state index contributed by atoms with van der Waals surface area (Å²) < 4.78 is 7.13. The van der Waals surface area contributed by atoms with Crippen molar-refractivity contribution in [2.24, 2.45) is 0 Å². The minimum absolute atomic E-state index is 0.0286. The molecule has 0 N–H and O–H groups in total. The molecule has 0 radical (unpaired) electrons. The molecule has 0 spiro atoms. The van der Waals surface area contributed by atoms with Crippen molar-refractivity contribution in [1.29, 1.82) is 0 Å². The maximum Gasteiger partial charge on any atom is 0.252 e. The van der Waals surface area contributed by atoms with Crippen molar-refractivity contribution < 1.29 is 4.42 Å². The number of hydrogen-bond donors (Lipinski definition) is 0. The molecule has 1 aromatic heterocycles. The van der Waals surface area contributed by atoms with Crippen molar-refractivity contribution in [3.63, 3.8) is 0 Å². The number of hydrogen-bond acceptors (Lipinski definition) is 3. The monoisotopic (exact) mass is 891 g/mol. The van der Waals surface area contributed by atoms with Gasteiger partial charge in [-0.3, -0.25) is 0 Å². The van der Waals surface area contributed by atoms with Gasteiger partial charge >= 0.3 is 0 Å². The minimum Gasteiger partial charge on any atom is -0.456 e.